The number of aromatic nitrogens is 1. The molecule has 3 nitrogen and oxygen atoms in total. The first-order chi connectivity index (χ1) is 12.1. The van der Waals surface area contributed by atoms with Gasteiger partial charge < -0.3 is 10.3 Å². The number of hydrogen-bond acceptors (Lipinski definition) is 1. The van der Waals surface area contributed by atoms with Crippen LogP contribution in [0.3, 0.4) is 0 Å². The quantitative estimate of drug-likeness (QED) is 0.639. The van der Waals surface area contributed by atoms with E-state index in [1.165, 1.54) is 12.1 Å². The van der Waals surface area contributed by atoms with Crippen molar-refractivity contribution in [3.63, 3.8) is 0 Å². The number of hydrogen-bond donors (Lipinski definition) is 2. The molecule has 0 aliphatic heterocycles. The normalized spacial score (nSPS) is 9.52. The number of H-pyrrole nitrogens is 1. The van der Waals surface area contributed by atoms with Crippen molar-refractivity contribution in [3.05, 3.63) is 71.2 Å². The number of fused-ring (bicyclic) bond motifs is 1. The highest BCUT2D eigenvalue weighted by molar-refractivity contribution is 6.00. The molecule has 0 aliphatic carbocycles. The topological polar surface area (TPSA) is 44.9 Å². The average molecular weight is 342 g/mol. The Balaban J connectivity index is 0.000000730. The van der Waals surface area contributed by atoms with E-state index in [1.807, 2.05) is 65.0 Å². The van der Waals surface area contributed by atoms with Crippen LogP contribution in [0.15, 0.2) is 48.5 Å². The largest absolute Gasteiger partial charge is 0.350 e. The lowest BCUT2D eigenvalue weighted by molar-refractivity contribution is 0.0946. The van der Waals surface area contributed by atoms with Gasteiger partial charge >= 0.3 is 0 Å². The van der Waals surface area contributed by atoms with Crippen LogP contribution in [0.4, 0.5) is 4.39 Å². The average Bonchev–Trinajstić information content (AvgIpc) is 3.00. The fraction of sp³-hybridized carbons (Fsp3) is 0.286. The summed E-state index contributed by atoms with van der Waals surface area (Å²) in [5.74, 6) is -0.492. The molecular weight excluding hydrogens is 315 g/mol. The van der Waals surface area contributed by atoms with Gasteiger partial charge in [-0.25, -0.2) is 4.39 Å². The zero-order valence-corrected chi connectivity index (χ0v) is 15.6. The van der Waals surface area contributed by atoms with E-state index in [2.05, 4.69) is 10.3 Å². The monoisotopic (exact) mass is 342 g/mol. The van der Waals surface area contributed by atoms with Crippen molar-refractivity contribution in [2.75, 3.05) is 0 Å². The van der Waals surface area contributed by atoms with Crippen molar-refractivity contribution >= 4 is 16.8 Å². The predicted molar refractivity (Wildman–Crippen MR) is 103 cm³/mol. The second-order valence-corrected chi connectivity index (χ2v) is 4.98. The summed E-state index contributed by atoms with van der Waals surface area (Å²) in [6.07, 6.45) is 0. The van der Waals surface area contributed by atoms with E-state index < -0.39 is 0 Å². The van der Waals surface area contributed by atoms with Gasteiger partial charge in [0.25, 0.3) is 5.91 Å². The third-order valence-corrected chi connectivity index (χ3v) is 3.54. The molecule has 0 saturated carbocycles. The molecule has 0 radical (unpaired) electrons. The first-order valence-corrected chi connectivity index (χ1v) is 8.75. The van der Waals surface area contributed by atoms with Crippen LogP contribution >= 0.6 is 0 Å². The number of amides is 1. The van der Waals surface area contributed by atoms with Crippen LogP contribution in [0.1, 0.15) is 49.3 Å². The number of aromatic amines is 1. The smallest absolute Gasteiger partial charge is 0.268 e. The molecule has 0 aliphatic rings. The summed E-state index contributed by atoms with van der Waals surface area (Å²) in [7, 11) is 0. The van der Waals surface area contributed by atoms with Crippen LogP contribution in [0.25, 0.3) is 10.9 Å². The predicted octanol–water partition coefficient (Wildman–Crippen LogP) is 5.60. The molecule has 3 aromatic rings. The molecule has 0 atom stereocenters. The summed E-state index contributed by atoms with van der Waals surface area (Å²) in [5, 5.41) is 3.60. The highest BCUT2D eigenvalue weighted by atomic mass is 19.1. The summed E-state index contributed by atoms with van der Waals surface area (Å²) in [6, 6.07) is 14.2. The van der Waals surface area contributed by atoms with Gasteiger partial charge in [0.15, 0.2) is 0 Å². The van der Waals surface area contributed by atoms with Gasteiger partial charge in [0.05, 0.1) is 0 Å². The van der Waals surface area contributed by atoms with Gasteiger partial charge in [-0.3, -0.25) is 4.79 Å². The third-order valence-electron chi connectivity index (χ3n) is 3.54. The summed E-state index contributed by atoms with van der Waals surface area (Å²) in [6.45, 7) is 10.3. The van der Waals surface area contributed by atoms with Crippen molar-refractivity contribution in [2.45, 2.75) is 41.2 Å². The van der Waals surface area contributed by atoms with E-state index in [0.717, 1.165) is 22.0 Å². The van der Waals surface area contributed by atoms with Crippen LogP contribution in [0, 0.1) is 12.7 Å². The highest BCUT2D eigenvalue weighted by Gasteiger charge is 2.14. The minimum Gasteiger partial charge on any atom is -0.350 e. The van der Waals surface area contributed by atoms with Gasteiger partial charge in [-0.2, -0.15) is 0 Å². The molecule has 134 valence electrons. The van der Waals surface area contributed by atoms with Gasteiger partial charge in [0, 0.05) is 17.4 Å². The number of benzene rings is 2. The number of aryl methyl sites for hydroxylation is 1. The molecular formula is C21H27FN2O. The molecule has 4 heteroatoms. The van der Waals surface area contributed by atoms with Crippen LogP contribution in [0.5, 0.6) is 0 Å². The summed E-state index contributed by atoms with van der Waals surface area (Å²) in [4.78, 5) is 15.3. The van der Waals surface area contributed by atoms with Gasteiger partial charge in [-0.05, 0) is 36.2 Å². The number of carbonyl (C=O) groups excluding carboxylic acids is 1. The molecule has 0 bridgehead atoms. The van der Waals surface area contributed by atoms with Crippen molar-refractivity contribution in [1.82, 2.24) is 10.3 Å². The highest BCUT2D eigenvalue weighted by Crippen LogP contribution is 2.22. The molecule has 0 saturated heterocycles. The molecule has 25 heavy (non-hydrogen) atoms. The maximum absolute atomic E-state index is 13.3. The van der Waals surface area contributed by atoms with E-state index in [0.29, 0.717) is 12.2 Å². The lowest BCUT2D eigenvalue weighted by Crippen LogP contribution is -2.23. The molecule has 0 spiro atoms. The Bertz CT molecular complexity index is 794. The van der Waals surface area contributed by atoms with Crippen LogP contribution < -0.4 is 5.32 Å². The second-order valence-electron chi connectivity index (χ2n) is 4.98. The van der Waals surface area contributed by atoms with Crippen LogP contribution in [-0.4, -0.2) is 10.9 Å². The van der Waals surface area contributed by atoms with Gasteiger partial charge in [-0.15, -0.1) is 0 Å². The van der Waals surface area contributed by atoms with Gasteiger partial charge in [0.1, 0.15) is 11.5 Å². The molecule has 1 amide bonds. The van der Waals surface area contributed by atoms with Crippen LogP contribution in [-0.2, 0) is 6.54 Å². The molecule has 1 aromatic heterocycles. The number of carbonyl (C=O) groups is 1. The zero-order valence-electron chi connectivity index (χ0n) is 15.6. The van der Waals surface area contributed by atoms with Crippen molar-refractivity contribution in [3.8, 4) is 0 Å². The molecule has 0 unspecified atom stereocenters. The second kappa shape index (κ2) is 10.3. The van der Waals surface area contributed by atoms with Gasteiger partial charge in [0.2, 0.25) is 0 Å². The minimum atomic E-state index is -0.305. The van der Waals surface area contributed by atoms with E-state index in [4.69, 9.17) is 0 Å². The Kier molecular flexibility index (Phi) is 8.40. The van der Waals surface area contributed by atoms with E-state index in [-0.39, 0.29) is 11.7 Å². The molecule has 2 N–H and O–H groups in total. The number of halogens is 1. The van der Waals surface area contributed by atoms with E-state index >= 15 is 0 Å². The standard InChI is InChI=1S/C17H15FN2O.2C2H6/c1-11-14-9-13(18)7-8-15(14)20-16(11)17(21)19-10-12-5-3-2-4-6-12;2*1-2/h2-9,20H,10H2,1H3,(H,19,21);2*1-2H3. The Morgan fingerprint density at radius 3 is 2.32 bits per heavy atom. The SMILES string of the molecule is CC.CC.Cc1c(C(=O)NCc2ccccc2)[nH]c2ccc(F)cc12. The van der Waals surface area contributed by atoms with Crippen molar-refractivity contribution in [2.24, 2.45) is 0 Å². The Morgan fingerprint density at radius 1 is 1.04 bits per heavy atom. The van der Waals surface area contributed by atoms with E-state index in [9.17, 15) is 9.18 Å². The van der Waals surface area contributed by atoms with Gasteiger partial charge in [-0.1, -0.05) is 58.0 Å². The maximum Gasteiger partial charge on any atom is 0.268 e. The summed E-state index contributed by atoms with van der Waals surface area (Å²) in [5.41, 5.74) is 3.03. The Hall–Kier alpha value is -2.62. The molecule has 0 fully saturated rings. The fourth-order valence-electron chi connectivity index (χ4n) is 2.39. The Labute approximate surface area is 149 Å². The lowest BCUT2D eigenvalue weighted by Gasteiger charge is -2.04. The zero-order chi connectivity index (χ0) is 18.8. The minimum absolute atomic E-state index is 0.187. The van der Waals surface area contributed by atoms with Crippen LogP contribution in [0.2, 0.25) is 0 Å². The summed E-state index contributed by atoms with van der Waals surface area (Å²) < 4.78 is 13.3. The first kappa shape index (κ1) is 20.4. The van der Waals surface area contributed by atoms with Crippen molar-refractivity contribution in [1.29, 1.82) is 0 Å². The first-order valence-electron chi connectivity index (χ1n) is 8.75. The summed E-state index contributed by atoms with van der Waals surface area (Å²) >= 11 is 0. The number of rotatable bonds is 3. The third kappa shape index (κ3) is 5.18. The maximum atomic E-state index is 13.3. The lowest BCUT2D eigenvalue weighted by atomic mass is 10.1. The van der Waals surface area contributed by atoms with E-state index in [1.54, 1.807) is 6.07 Å². The molecule has 1 heterocycles. The van der Waals surface area contributed by atoms with Crippen molar-refractivity contribution < 1.29 is 9.18 Å². The molecule has 3 rings (SSSR count). The molecule has 2 aromatic carbocycles. The Morgan fingerprint density at radius 2 is 1.68 bits per heavy atom. The number of nitrogens with one attached hydrogen (secondary N) is 2. The fourth-order valence-corrected chi connectivity index (χ4v) is 2.39.